The molecule has 16 heavy (non-hydrogen) atoms. The quantitative estimate of drug-likeness (QED) is 0.576. The van der Waals surface area contributed by atoms with Crippen LogP contribution in [-0.4, -0.2) is 29.1 Å². The maximum absolute atomic E-state index is 11.4. The Morgan fingerprint density at radius 3 is 2.12 bits per heavy atom. The third-order valence-corrected chi connectivity index (χ3v) is 2.13. The van der Waals surface area contributed by atoms with Gasteiger partial charge in [0.05, 0.1) is 12.2 Å². The summed E-state index contributed by atoms with van der Waals surface area (Å²) in [5.74, 6) is -0.811. The molecule has 1 unspecified atom stereocenters. The molecule has 0 fully saturated rings. The first kappa shape index (κ1) is 15.1. The van der Waals surface area contributed by atoms with E-state index in [2.05, 4.69) is 0 Å². The van der Waals surface area contributed by atoms with E-state index >= 15 is 0 Å². The second-order valence-electron chi connectivity index (χ2n) is 5.34. The standard InChI is InChI=1S/C12H22O4/c1-8(2)16-11(15)7-9(13)6-10(14)12(3,4)5/h8,10,14H,6-7H2,1-5H3. The summed E-state index contributed by atoms with van der Waals surface area (Å²) < 4.78 is 4.85. The molecule has 0 heterocycles. The summed E-state index contributed by atoms with van der Waals surface area (Å²) in [5.41, 5.74) is -0.350. The van der Waals surface area contributed by atoms with Crippen molar-refractivity contribution < 1.29 is 19.4 Å². The Morgan fingerprint density at radius 2 is 1.75 bits per heavy atom. The molecule has 0 aromatic heterocycles. The molecule has 0 aliphatic carbocycles. The number of hydrogen-bond acceptors (Lipinski definition) is 4. The summed E-state index contributed by atoms with van der Waals surface area (Å²) in [7, 11) is 0. The van der Waals surface area contributed by atoms with Crippen molar-refractivity contribution in [3.05, 3.63) is 0 Å². The molecule has 0 aliphatic heterocycles. The Hall–Kier alpha value is -0.900. The third kappa shape index (κ3) is 6.56. The Bertz CT molecular complexity index is 250. The molecule has 1 atom stereocenters. The zero-order valence-corrected chi connectivity index (χ0v) is 10.7. The number of ketones is 1. The minimum atomic E-state index is -0.730. The van der Waals surface area contributed by atoms with E-state index in [0.717, 1.165) is 0 Å². The van der Waals surface area contributed by atoms with E-state index in [9.17, 15) is 14.7 Å². The van der Waals surface area contributed by atoms with Crippen LogP contribution in [0.1, 0.15) is 47.5 Å². The molecule has 0 aromatic carbocycles. The number of carbonyl (C=O) groups excluding carboxylic acids is 2. The van der Waals surface area contributed by atoms with E-state index < -0.39 is 12.1 Å². The summed E-state index contributed by atoms with van der Waals surface area (Å²) in [5, 5.41) is 9.68. The fraction of sp³-hybridized carbons (Fsp3) is 0.833. The van der Waals surface area contributed by atoms with Crippen molar-refractivity contribution in [3.63, 3.8) is 0 Å². The molecular weight excluding hydrogens is 208 g/mol. The number of ether oxygens (including phenoxy) is 1. The van der Waals surface area contributed by atoms with E-state index in [0.29, 0.717) is 0 Å². The van der Waals surface area contributed by atoms with Gasteiger partial charge in [0.25, 0.3) is 0 Å². The maximum atomic E-state index is 11.4. The van der Waals surface area contributed by atoms with Crippen LogP contribution in [-0.2, 0) is 14.3 Å². The fourth-order valence-corrected chi connectivity index (χ4v) is 1.06. The van der Waals surface area contributed by atoms with Gasteiger partial charge < -0.3 is 9.84 Å². The van der Waals surface area contributed by atoms with Crippen molar-refractivity contribution in [1.82, 2.24) is 0 Å². The second-order valence-corrected chi connectivity index (χ2v) is 5.34. The number of Topliss-reactive ketones (excluding diaryl/α,β-unsaturated/α-hetero) is 1. The largest absolute Gasteiger partial charge is 0.463 e. The van der Waals surface area contributed by atoms with Crippen molar-refractivity contribution in [2.24, 2.45) is 5.41 Å². The molecule has 0 amide bonds. The zero-order valence-electron chi connectivity index (χ0n) is 10.7. The van der Waals surface area contributed by atoms with Crippen molar-refractivity contribution in [3.8, 4) is 0 Å². The van der Waals surface area contributed by atoms with Gasteiger partial charge in [0.15, 0.2) is 0 Å². The Kier molecular flexibility index (Phi) is 5.65. The van der Waals surface area contributed by atoms with Gasteiger partial charge in [0.2, 0.25) is 0 Å². The fourth-order valence-electron chi connectivity index (χ4n) is 1.06. The van der Waals surface area contributed by atoms with Gasteiger partial charge in [-0.1, -0.05) is 20.8 Å². The van der Waals surface area contributed by atoms with Crippen LogP contribution in [0, 0.1) is 5.41 Å². The van der Waals surface area contributed by atoms with Crippen LogP contribution in [0.5, 0.6) is 0 Å². The number of carbonyl (C=O) groups is 2. The van der Waals surface area contributed by atoms with Gasteiger partial charge in [-0.3, -0.25) is 9.59 Å². The molecule has 0 saturated carbocycles. The predicted octanol–water partition coefficient (Wildman–Crippen LogP) is 1.69. The van der Waals surface area contributed by atoms with Crippen molar-refractivity contribution in [2.75, 3.05) is 0 Å². The molecule has 94 valence electrons. The predicted molar refractivity (Wildman–Crippen MR) is 60.9 cm³/mol. The minimum Gasteiger partial charge on any atom is -0.463 e. The summed E-state index contributed by atoms with van der Waals surface area (Å²) in [6.07, 6.45) is -1.21. The lowest BCUT2D eigenvalue weighted by atomic mass is 9.86. The molecule has 0 radical (unpaired) electrons. The first-order valence-corrected chi connectivity index (χ1v) is 5.52. The van der Waals surface area contributed by atoms with Gasteiger partial charge >= 0.3 is 5.97 Å². The Labute approximate surface area is 97.0 Å². The average molecular weight is 230 g/mol. The second kappa shape index (κ2) is 5.99. The molecule has 4 heteroatoms. The minimum absolute atomic E-state index is 0.00328. The molecule has 0 aliphatic rings. The number of rotatable bonds is 5. The normalized spacial score (nSPS) is 13.7. The molecule has 0 bridgehead atoms. The number of esters is 1. The number of aliphatic hydroxyl groups excluding tert-OH is 1. The van der Waals surface area contributed by atoms with Crippen LogP contribution in [0.2, 0.25) is 0 Å². The Morgan fingerprint density at radius 1 is 1.25 bits per heavy atom. The summed E-state index contributed by atoms with van der Waals surface area (Å²) in [6.45, 7) is 8.99. The Balaban J connectivity index is 4.05. The third-order valence-electron chi connectivity index (χ3n) is 2.13. The molecular formula is C12H22O4. The molecule has 1 N–H and O–H groups in total. The van der Waals surface area contributed by atoms with Crippen molar-refractivity contribution in [2.45, 2.75) is 59.7 Å². The monoisotopic (exact) mass is 230 g/mol. The lowest BCUT2D eigenvalue weighted by molar-refractivity contribution is -0.149. The van der Waals surface area contributed by atoms with E-state index in [1.165, 1.54) is 0 Å². The van der Waals surface area contributed by atoms with Gasteiger partial charge in [-0.15, -0.1) is 0 Å². The van der Waals surface area contributed by atoms with Crippen LogP contribution in [0.3, 0.4) is 0 Å². The lowest BCUT2D eigenvalue weighted by Crippen LogP contribution is -2.29. The van der Waals surface area contributed by atoms with Crippen molar-refractivity contribution in [1.29, 1.82) is 0 Å². The summed E-state index contributed by atoms with van der Waals surface area (Å²) >= 11 is 0. The van der Waals surface area contributed by atoms with E-state index in [-0.39, 0.29) is 30.1 Å². The smallest absolute Gasteiger partial charge is 0.313 e. The highest BCUT2D eigenvalue weighted by molar-refractivity contribution is 5.95. The van der Waals surface area contributed by atoms with Crippen LogP contribution in [0.15, 0.2) is 0 Å². The molecule has 0 rings (SSSR count). The van der Waals surface area contributed by atoms with Gasteiger partial charge in [0.1, 0.15) is 12.2 Å². The van der Waals surface area contributed by atoms with Gasteiger partial charge in [-0.25, -0.2) is 0 Å². The maximum Gasteiger partial charge on any atom is 0.313 e. The van der Waals surface area contributed by atoms with Gasteiger partial charge in [-0.2, -0.15) is 0 Å². The highest BCUT2D eigenvalue weighted by Gasteiger charge is 2.25. The highest BCUT2D eigenvalue weighted by Crippen LogP contribution is 2.22. The summed E-state index contributed by atoms with van der Waals surface area (Å²) in [4.78, 5) is 22.6. The molecule has 4 nitrogen and oxygen atoms in total. The van der Waals surface area contributed by atoms with E-state index in [4.69, 9.17) is 4.74 Å². The summed E-state index contributed by atoms with van der Waals surface area (Å²) in [6, 6.07) is 0. The number of aliphatic hydroxyl groups is 1. The highest BCUT2D eigenvalue weighted by atomic mass is 16.5. The van der Waals surface area contributed by atoms with E-state index in [1.807, 2.05) is 20.8 Å². The zero-order chi connectivity index (χ0) is 12.9. The van der Waals surface area contributed by atoms with Gasteiger partial charge in [-0.05, 0) is 19.3 Å². The van der Waals surface area contributed by atoms with E-state index in [1.54, 1.807) is 13.8 Å². The van der Waals surface area contributed by atoms with Crippen molar-refractivity contribution >= 4 is 11.8 Å². The molecule has 0 aromatic rings. The van der Waals surface area contributed by atoms with Crippen LogP contribution >= 0.6 is 0 Å². The first-order valence-electron chi connectivity index (χ1n) is 5.52. The van der Waals surface area contributed by atoms with Crippen LogP contribution in [0.25, 0.3) is 0 Å². The van der Waals surface area contributed by atoms with Gasteiger partial charge in [0, 0.05) is 6.42 Å². The lowest BCUT2D eigenvalue weighted by Gasteiger charge is -2.25. The SMILES string of the molecule is CC(C)OC(=O)CC(=O)CC(O)C(C)(C)C. The first-order chi connectivity index (χ1) is 7.12. The molecule has 0 spiro atoms. The van der Waals surface area contributed by atoms with Crippen LogP contribution in [0.4, 0.5) is 0 Å². The van der Waals surface area contributed by atoms with Crippen LogP contribution < -0.4 is 0 Å². The number of hydrogen-bond donors (Lipinski definition) is 1. The average Bonchev–Trinajstić information content (AvgIpc) is 1.98. The molecule has 0 saturated heterocycles. The topological polar surface area (TPSA) is 63.6 Å².